The zero-order chi connectivity index (χ0) is 37.8. The van der Waals surface area contributed by atoms with Crippen molar-refractivity contribution in [1.29, 1.82) is 0 Å². The summed E-state index contributed by atoms with van der Waals surface area (Å²) in [6.45, 7) is 10.6. The molecule has 1 heterocycles. The molecule has 1 saturated heterocycles. The Kier molecular flexibility index (Phi) is 19.9. The number of esters is 2. The van der Waals surface area contributed by atoms with Crippen molar-refractivity contribution >= 4 is 11.9 Å². The third-order valence-corrected chi connectivity index (χ3v) is 14.0. The predicted octanol–water partition coefficient (Wildman–Crippen LogP) is 10.5. The summed E-state index contributed by atoms with van der Waals surface area (Å²) in [5, 5.41) is 0. The van der Waals surface area contributed by atoms with Crippen LogP contribution in [0.1, 0.15) is 154 Å². The van der Waals surface area contributed by atoms with Crippen LogP contribution in [0.15, 0.2) is 25.3 Å². The van der Waals surface area contributed by atoms with Crippen molar-refractivity contribution in [3.8, 4) is 0 Å². The second-order valence-electron chi connectivity index (χ2n) is 17.9. The van der Waals surface area contributed by atoms with Crippen LogP contribution in [-0.4, -0.2) is 64.2 Å². The first-order chi connectivity index (χ1) is 26.5. The number of ether oxygens (including phenoxy) is 6. The quantitative estimate of drug-likeness (QED) is 0.0613. The number of hydrogen-bond donors (Lipinski definition) is 0. The fourth-order valence-corrected chi connectivity index (χ4v) is 10.3. The van der Waals surface area contributed by atoms with Gasteiger partial charge in [0.2, 0.25) is 12.6 Å². The van der Waals surface area contributed by atoms with Gasteiger partial charge in [-0.2, -0.15) is 0 Å². The van der Waals surface area contributed by atoms with Gasteiger partial charge in [-0.3, -0.25) is 0 Å². The molecule has 8 heteroatoms. The Morgan fingerprint density at radius 3 is 1.02 bits per heavy atom. The van der Waals surface area contributed by atoms with E-state index < -0.39 is 12.6 Å². The second kappa shape index (κ2) is 24.8. The summed E-state index contributed by atoms with van der Waals surface area (Å²) in [4.78, 5) is 22.4. The van der Waals surface area contributed by atoms with Gasteiger partial charge in [-0.25, -0.2) is 9.59 Å². The van der Waals surface area contributed by atoms with E-state index in [9.17, 15) is 9.59 Å². The van der Waals surface area contributed by atoms with Crippen LogP contribution in [0.5, 0.6) is 0 Å². The van der Waals surface area contributed by atoms with Gasteiger partial charge in [0, 0.05) is 12.2 Å². The van der Waals surface area contributed by atoms with Gasteiger partial charge in [-0.05, 0) is 98.7 Å². The average Bonchev–Trinajstić information content (AvgIpc) is 3.22. The molecule has 8 nitrogen and oxygen atoms in total. The molecule has 0 aromatic rings. The van der Waals surface area contributed by atoms with Crippen molar-refractivity contribution in [2.45, 2.75) is 167 Å². The summed E-state index contributed by atoms with van der Waals surface area (Å²) in [7, 11) is 0. The maximum absolute atomic E-state index is 11.2. The van der Waals surface area contributed by atoms with Crippen LogP contribution in [-0.2, 0) is 38.0 Å². The van der Waals surface area contributed by atoms with Crippen molar-refractivity contribution in [1.82, 2.24) is 0 Å². The van der Waals surface area contributed by atoms with E-state index in [-0.39, 0.29) is 11.9 Å². The minimum atomic E-state index is -0.407. The minimum Gasteiger partial charge on any atom is -0.463 e. The second-order valence-corrected chi connectivity index (χ2v) is 17.9. The lowest BCUT2D eigenvalue weighted by atomic mass is 9.75. The first kappa shape index (κ1) is 43.4. The van der Waals surface area contributed by atoms with Crippen LogP contribution in [0.25, 0.3) is 0 Å². The Bertz CT molecular complexity index is 979. The largest absolute Gasteiger partial charge is 0.463 e. The fraction of sp³-hybridized carbons (Fsp3) is 0.870. The van der Waals surface area contributed by atoms with Gasteiger partial charge >= 0.3 is 11.9 Å². The molecule has 0 amide bonds. The highest BCUT2D eigenvalue weighted by Crippen LogP contribution is 2.39. The van der Waals surface area contributed by atoms with Gasteiger partial charge in [0.25, 0.3) is 0 Å². The predicted molar refractivity (Wildman–Crippen MR) is 212 cm³/mol. The molecule has 1 aliphatic heterocycles. The topological polar surface area (TPSA) is 89.5 Å². The fourth-order valence-electron chi connectivity index (χ4n) is 10.3. The lowest BCUT2D eigenvalue weighted by Crippen LogP contribution is -2.43. The number of hydrogen-bond acceptors (Lipinski definition) is 8. The molecular weight excluding hydrogens is 680 g/mol. The van der Waals surface area contributed by atoms with Crippen LogP contribution >= 0.6 is 0 Å². The van der Waals surface area contributed by atoms with E-state index in [1.807, 2.05) is 0 Å². The molecule has 5 fully saturated rings. The third kappa shape index (κ3) is 16.0. The molecule has 0 aromatic heterocycles. The monoisotopic (exact) mass is 757 g/mol. The molecule has 4 saturated carbocycles. The third-order valence-electron chi connectivity index (χ3n) is 14.0. The lowest BCUT2D eigenvalue weighted by Gasteiger charge is -2.36. The normalized spacial score (nSPS) is 33.4. The summed E-state index contributed by atoms with van der Waals surface area (Å²) in [5.74, 6) is 5.78. The van der Waals surface area contributed by atoms with Gasteiger partial charge in [0.1, 0.15) is 0 Å². The molecule has 0 bridgehead atoms. The van der Waals surface area contributed by atoms with Crippen LogP contribution in [0.2, 0.25) is 0 Å². The first-order valence-corrected chi connectivity index (χ1v) is 22.5. The highest BCUT2D eigenvalue weighted by atomic mass is 16.8. The van der Waals surface area contributed by atoms with Crippen LogP contribution in [0.3, 0.4) is 0 Å². The van der Waals surface area contributed by atoms with Gasteiger partial charge in [0.05, 0.1) is 39.6 Å². The van der Waals surface area contributed by atoms with E-state index in [1.54, 1.807) is 0 Å². The molecule has 0 aromatic carbocycles. The molecular formula is C46H76O8. The standard InChI is InChI=1S/C46H76O8/c1-3-43(47)49-29-5-7-35-9-13-37(14-10-35)17-19-39-21-25-41(26-22-39)33-53-45-46(52-32-31-51-45)54-34-42-27-23-40(24-28-42)20-18-38-15-11-36(12-16-38)8-6-30-50-44(48)4-2/h3-4,35-42,45-46H,1-2,5-34H2/t35?,36?,37?,38?,39?,40?,41?,42?,45-,46-/m0/s1. The van der Waals surface area contributed by atoms with Crippen LogP contribution < -0.4 is 0 Å². The summed E-state index contributed by atoms with van der Waals surface area (Å²) >= 11 is 0. The summed E-state index contributed by atoms with van der Waals surface area (Å²) in [6.07, 6.45) is 32.8. The molecule has 5 aliphatic rings. The van der Waals surface area contributed by atoms with E-state index >= 15 is 0 Å². The number of carbonyl (C=O) groups is 2. The van der Waals surface area contributed by atoms with Gasteiger partial charge in [-0.15, -0.1) is 0 Å². The number of carbonyl (C=O) groups excluding carboxylic acids is 2. The Balaban J connectivity index is 0.860. The lowest BCUT2D eigenvalue weighted by molar-refractivity contribution is -0.325. The average molecular weight is 757 g/mol. The molecule has 308 valence electrons. The Hall–Kier alpha value is -1.74. The Morgan fingerprint density at radius 2 is 0.722 bits per heavy atom. The van der Waals surface area contributed by atoms with E-state index in [0.717, 1.165) is 61.6 Å². The molecule has 0 N–H and O–H groups in total. The Labute approximate surface area is 328 Å². The maximum Gasteiger partial charge on any atom is 0.330 e. The van der Waals surface area contributed by atoms with Crippen molar-refractivity contribution in [3.63, 3.8) is 0 Å². The first-order valence-electron chi connectivity index (χ1n) is 22.5. The molecule has 0 unspecified atom stereocenters. The van der Waals surface area contributed by atoms with Crippen molar-refractivity contribution < 1.29 is 38.0 Å². The smallest absolute Gasteiger partial charge is 0.330 e. The van der Waals surface area contributed by atoms with E-state index in [4.69, 9.17) is 28.4 Å². The molecule has 54 heavy (non-hydrogen) atoms. The maximum atomic E-state index is 11.2. The van der Waals surface area contributed by atoms with Crippen molar-refractivity contribution in [2.24, 2.45) is 47.3 Å². The molecule has 0 radical (unpaired) electrons. The van der Waals surface area contributed by atoms with E-state index in [2.05, 4.69) is 13.2 Å². The SMILES string of the molecule is C=CC(=O)OCCCC1CCC(CCC2CCC(CO[C@@H]3OCCO[C@H]3OCC3CCC(CCC4CCC(CCCOC(=O)C=C)CC4)CC3)CC2)CC1. The van der Waals surface area contributed by atoms with Gasteiger partial charge in [-0.1, -0.05) is 116 Å². The summed E-state index contributed by atoms with van der Waals surface area (Å²) in [6, 6.07) is 0. The highest BCUT2D eigenvalue weighted by molar-refractivity contribution is 5.81. The summed E-state index contributed by atoms with van der Waals surface area (Å²) in [5.41, 5.74) is 0. The van der Waals surface area contributed by atoms with E-state index in [0.29, 0.717) is 38.3 Å². The van der Waals surface area contributed by atoms with Crippen molar-refractivity contribution in [3.05, 3.63) is 25.3 Å². The number of rotatable bonds is 22. The Morgan fingerprint density at radius 1 is 0.444 bits per heavy atom. The molecule has 2 atom stereocenters. The zero-order valence-electron chi connectivity index (χ0n) is 33.8. The summed E-state index contributed by atoms with van der Waals surface area (Å²) < 4.78 is 35.1. The van der Waals surface area contributed by atoms with Crippen LogP contribution in [0.4, 0.5) is 0 Å². The molecule has 4 aliphatic carbocycles. The zero-order valence-corrected chi connectivity index (χ0v) is 33.8. The van der Waals surface area contributed by atoms with Crippen LogP contribution in [0, 0.1) is 47.3 Å². The van der Waals surface area contributed by atoms with E-state index in [1.165, 1.54) is 153 Å². The molecule has 0 spiro atoms. The minimum absolute atomic E-state index is 0.303. The van der Waals surface area contributed by atoms with Gasteiger partial charge in [0.15, 0.2) is 0 Å². The van der Waals surface area contributed by atoms with Crippen molar-refractivity contribution in [2.75, 3.05) is 39.6 Å². The van der Waals surface area contributed by atoms with Gasteiger partial charge < -0.3 is 28.4 Å². The molecule has 5 rings (SSSR count). The highest BCUT2D eigenvalue weighted by Gasteiger charge is 2.33.